The summed E-state index contributed by atoms with van der Waals surface area (Å²) >= 11 is 0. The van der Waals surface area contributed by atoms with Gasteiger partial charge in [0.1, 0.15) is 0 Å². The summed E-state index contributed by atoms with van der Waals surface area (Å²) in [4.78, 5) is 0. The molecule has 0 aromatic rings. The van der Waals surface area contributed by atoms with Crippen molar-refractivity contribution in [3.05, 3.63) is 12.7 Å². The Bertz CT molecular complexity index is 145. The Morgan fingerprint density at radius 3 is 1.19 bits per heavy atom. The summed E-state index contributed by atoms with van der Waals surface area (Å²) in [6.07, 6.45) is 21.0. The van der Waals surface area contributed by atoms with Gasteiger partial charge in [-0.2, -0.15) is 0 Å². The van der Waals surface area contributed by atoms with Crippen molar-refractivity contribution >= 4 is 0 Å². The van der Waals surface area contributed by atoms with Crippen LogP contribution in [0.2, 0.25) is 0 Å². The molecular formula is C16H30. The number of hydrogen-bond acceptors (Lipinski definition) is 0. The molecule has 1 saturated carbocycles. The van der Waals surface area contributed by atoms with Crippen LogP contribution in [0, 0.1) is 5.92 Å². The molecule has 0 aromatic heterocycles. The van der Waals surface area contributed by atoms with E-state index in [2.05, 4.69) is 12.7 Å². The molecule has 0 nitrogen and oxygen atoms in total. The van der Waals surface area contributed by atoms with Crippen molar-refractivity contribution in [2.24, 2.45) is 5.92 Å². The molecule has 0 saturated heterocycles. The summed E-state index contributed by atoms with van der Waals surface area (Å²) in [6.45, 7) is 3.99. The van der Waals surface area contributed by atoms with Gasteiger partial charge in [-0.1, -0.05) is 76.7 Å². The van der Waals surface area contributed by atoms with Gasteiger partial charge in [-0.25, -0.2) is 0 Å². The Morgan fingerprint density at radius 2 is 0.875 bits per heavy atom. The maximum absolute atomic E-state index is 3.99. The van der Waals surface area contributed by atoms with Gasteiger partial charge in [0.05, 0.1) is 0 Å². The number of hydrogen-bond donors (Lipinski definition) is 0. The van der Waals surface area contributed by atoms with Crippen LogP contribution in [0.1, 0.15) is 83.5 Å². The van der Waals surface area contributed by atoms with Crippen LogP contribution in [0.4, 0.5) is 0 Å². The third-order valence-corrected chi connectivity index (χ3v) is 3.98. The largest absolute Gasteiger partial charge is 0.103 e. The van der Waals surface area contributed by atoms with Gasteiger partial charge >= 0.3 is 0 Å². The molecule has 1 aliphatic carbocycles. The lowest BCUT2D eigenvalue weighted by atomic mass is 9.93. The summed E-state index contributed by atoms with van der Waals surface area (Å²) in [6, 6.07) is 0. The molecule has 0 N–H and O–H groups in total. The normalized spacial score (nSPS) is 23.5. The monoisotopic (exact) mass is 222 g/mol. The van der Waals surface area contributed by atoms with Crippen LogP contribution in [-0.4, -0.2) is 0 Å². The van der Waals surface area contributed by atoms with E-state index in [1.165, 1.54) is 83.5 Å². The molecule has 0 heteroatoms. The molecule has 0 amide bonds. The van der Waals surface area contributed by atoms with Crippen LogP contribution in [0.15, 0.2) is 12.7 Å². The maximum Gasteiger partial charge on any atom is -0.0236 e. The Balaban J connectivity index is 2.18. The van der Waals surface area contributed by atoms with Crippen molar-refractivity contribution in [3.63, 3.8) is 0 Å². The molecule has 0 radical (unpaired) electrons. The highest BCUT2D eigenvalue weighted by atomic mass is 14.1. The summed E-state index contributed by atoms with van der Waals surface area (Å²) < 4.78 is 0. The van der Waals surface area contributed by atoms with E-state index in [9.17, 15) is 0 Å². The van der Waals surface area contributed by atoms with E-state index in [-0.39, 0.29) is 0 Å². The lowest BCUT2D eigenvalue weighted by molar-refractivity contribution is 0.453. The third-order valence-electron chi connectivity index (χ3n) is 3.98. The van der Waals surface area contributed by atoms with Gasteiger partial charge in [-0.05, 0) is 18.8 Å². The Kier molecular flexibility index (Phi) is 8.57. The van der Waals surface area contributed by atoms with E-state index in [1.807, 2.05) is 0 Å². The second-order valence-corrected chi connectivity index (χ2v) is 5.46. The van der Waals surface area contributed by atoms with Crippen molar-refractivity contribution < 1.29 is 0 Å². The molecule has 0 aliphatic heterocycles. The van der Waals surface area contributed by atoms with Gasteiger partial charge in [-0.15, -0.1) is 6.58 Å². The molecule has 0 spiro atoms. The molecule has 0 bridgehead atoms. The quantitative estimate of drug-likeness (QED) is 0.486. The van der Waals surface area contributed by atoms with Crippen LogP contribution >= 0.6 is 0 Å². The Labute approximate surface area is 103 Å². The maximum atomic E-state index is 3.99. The summed E-state index contributed by atoms with van der Waals surface area (Å²) in [7, 11) is 0. The van der Waals surface area contributed by atoms with E-state index in [1.54, 1.807) is 0 Å². The molecule has 16 heavy (non-hydrogen) atoms. The first-order valence-corrected chi connectivity index (χ1v) is 7.56. The van der Waals surface area contributed by atoms with Crippen LogP contribution in [0.3, 0.4) is 0 Å². The average molecular weight is 222 g/mol. The van der Waals surface area contributed by atoms with Crippen LogP contribution in [0.5, 0.6) is 0 Å². The molecule has 1 rings (SSSR count). The van der Waals surface area contributed by atoms with E-state index in [0.717, 1.165) is 5.92 Å². The molecule has 0 atom stereocenters. The fraction of sp³-hybridized carbons (Fsp3) is 0.875. The molecule has 0 heterocycles. The van der Waals surface area contributed by atoms with E-state index in [0.29, 0.717) is 0 Å². The van der Waals surface area contributed by atoms with Crippen LogP contribution in [0.25, 0.3) is 0 Å². The van der Waals surface area contributed by atoms with Crippen molar-refractivity contribution in [2.45, 2.75) is 83.5 Å². The highest BCUT2D eigenvalue weighted by Gasteiger charge is 2.04. The first kappa shape index (κ1) is 13.8. The fourth-order valence-corrected chi connectivity index (χ4v) is 2.78. The molecule has 1 fully saturated rings. The smallest absolute Gasteiger partial charge is 0.0236 e. The zero-order valence-corrected chi connectivity index (χ0v) is 11.1. The molecule has 0 aromatic carbocycles. The lowest BCUT2D eigenvalue weighted by Crippen LogP contribution is -1.97. The van der Waals surface area contributed by atoms with Gasteiger partial charge < -0.3 is 0 Å². The van der Waals surface area contributed by atoms with Gasteiger partial charge in [0.25, 0.3) is 0 Å². The second-order valence-electron chi connectivity index (χ2n) is 5.46. The van der Waals surface area contributed by atoms with Crippen LogP contribution in [-0.2, 0) is 0 Å². The highest BCUT2D eigenvalue weighted by molar-refractivity contribution is 4.78. The minimum Gasteiger partial charge on any atom is -0.103 e. The van der Waals surface area contributed by atoms with E-state index in [4.69, 9.17) is 0 Å². The first-order chi connectivity index (χ1) is 7.93. The zero-order chi connectivity index (χ0) is 11.5. The second kappa shape index (κ2) is 9.93. The zero-order valence-electron chi connectivity index (χ0n) is 11.1. The predicted octanol–water partition coefficient (Wildman–Crippen LogP) is 5.87. The highest BCUT2D eigenvalue weighted by Crippen LogP contribution is 2.21. The molecule has 1 aliphatic rings. The first-order valence-electron chi connectivity index (χ1n) is 7.56. The topological polar surface area (TPSA) is 0 Å². The van der Waals surface area contributed by atoms with E-state index >= 15 is 0 Å². The van der Waals surface area contributed by atoms with Gasteiger partial charge in [-0.3, -0.25) is 0 Å². The van der Waals surface area contributed by atoms with Gasteiger partial charge in [0, 0.05) is 0 Å². The van der Waals surface area contributed by atoms with Gasteiger partial charge in [0.15, 0.2) is 0 Å². The Morgan fingerprint density at radius 1 is 0.562 bits per heavy atom. The van der Waals surface area contributed by atoms with Crippen molar-refractivity contribution in [3.8, 4) is 0 Å². The molecule has 94 valence electrons. The summed E-state index contributed by atoms with van der Waals surface area (Å²) in [5.41, 5.74) is 0. The Hall–Kier alpha value is -0.260. The average Bonchev–Trinajstić information content (AvgIpc) is 2.32. The minimum absolute atomic E-state index is 0.808. The molecular weight excluding hydrogens is 192 g/mol. The number of allylic oxidation sites excluding steroid dienone is 1. The minimum atomic E-state index is 0.808. The standard InChI is InChI=1S/C16H30/c1-2-16-14-12-10-8-6-4-3-5-7-9-11-13-15-16/h2,16H,1,3-15H2. The SMILES string of the molecule is C=CC1CCCCCCCCCCCCC1. The fourth-order valence-electron chi connectivity index (χ4n) is 2.78. The van der Waals surface area contributed by atoms with Crippen LogP contribution < -0.4 is 0 Å². The van der Waals surface area contributed by atoms with Gasteiger partial charge in [0.2, 0.25) is 0 Å². The lowest BCUT2D eigenvalue weighted by Gasteiger charge is -2.13. The summed E-state index contributed by atoms with van der Waals surface area (Å²) in [5.74, 6) is 0.808. The van der Waals surface area contributed by atoms with E-state index < -0.39 is 0 Å². The van der Waals surface area contributed by atoms with Crippen molar-refractivity contribution in [1.82, 2.24) is 0 Å². The molecule has 0 unspecified atom stereocenters. The summed E-state index contributed by atoms with van der Waals surface area (Å²) in [5, 5.41) is 0. The van der Waals surface area contributed by atoms with Crippen molar-refractivity contribution in [1.29, 1.82) is 0 Å². The van der Waals surface area contributed by atoms with Crippen molar-refractivity contribution in [2.75, 3.05) is 0 Å². The third kappa shape index (κ3) is 7.09. The number of rotatable bonds is 1. The predicted molar refractivity (Wildman–Crippen MR) is 73.7 cm³/mol.